The van der Waals surface area contributed by atoms with Crippen LogP contribution in [0.15, 0.2) is 17.0 Å². The van der Waals surface area contributed by atoms with Gasteiger partial charge in [0.05, 0.1) is 14.8 Å². The molecule has 2 atom stereocenters. The van der Waals surface area contributed by atoms with Crippen molar-refractivity contribution in [2.75, 3.05) is 18.8 Å². The van der Waals surface area contributed by atoms with Crippen LogP contribution < -0.4 is 0 Å². The summed E-state index contributed by atoms with van der Waals surface area (Å²) in [6.07, 6.45) is 11.6. The monoisotopic (exact) mass is 512 g/mol. The molecule has 0 saturated heterocycles. The van der Waals surface area contributed by atoms with E-state index in [0.717, 1.165) is 38.5 Å². The van der Waals surface area contributed by atoms with Crippen molar-refractivity contribution in [2.45, 2.75) is 53.9 Å². The van der Waals surface area contributed by atoms with E-state index >= 15 is 0 Å². The standard InChI is InChI=1S/C17H25N3O9S3/c1-30-15-8-6-4-5-7-9-16(15)31(2,3)29-20(25)12-10-13(18(21)22)17(32(26,27)28)14(11-12)19(23)24/h10-11,15-16H,4-9H2,1-3H3/p+1. The van der Waals surface area contributed by atoms with Crippen LogP contribution in [-0.2, 0) is 14.4 Å². The molecule has 32 heavy (non-hydrogen) atoms. The summed E-state index contributed by atoms with van der Waals surface area (Å²) >= 11 is 1.69. The van der Waals surface area contributed by atoms with Gasteiger partial charge in [0.25, 0.3) is 4.92 Å². The molecule has 0 aromatic heterocycles. The Bertz CT molecular complexity index is 979. The number of hydrogen-bond donors (Lipinski definition) is 1. The van der Waals surface area contributed by atoms with E-state index < -0.39 is 52.2 Å². The lowest BCUT2D eigenvalue weighted by Crippen LogP contribution is -2.32. The minimum atomic E-state index is -5.31. The fourth-order valence-corrected chi connectivity index (χ4v) is 8.75. The third kappa shape index (κ3) is 6.08. The van der Waals surface area contributed by atoms with Gasteiger partial charge >= 0.3 is 27.2 Å². The van der Waals surface area contributed by atoms with E-state index in [9.17, 15) is 38.1 Å². The third-order valence-electron chi connectivity index (χ3n) is 5.33. The van der Waals surface area contributed by atoms with Gasteiger partial charge in [0.1, 0.15) is 12.1 Å². The third-order valence-corrected chi connectivity index (χ3v) is 10.1. The molecule has 0 radical (unpaired) electrons. The molecule has 1 saturated carbocycles. The molecular formula is C17H26N3O9S3+. The Balaban J connectivity index is 2.48. The second-order valence-electron chi connectivity index (χ2n) is 7.75. The minimum absolute atomic E-state index is 0.0285. The molecule has 2 unspecified atom stereocenters. The van der Waals surface area contributed by atoms with E-state index in [-0.39, 0.29) is 15.4 Å². The van der Waals surface area contributed by atoms with Crippen LogP contribution in [0.2, 0.25) is 0 Å². The first kappa shape index (κ1) is 26.3. The Labute approximate surface area is 191 Å². The maximum atomic E-state index is 12.8. The summed E-state index contributed by atoms with van der Waals surface area (Å²) < 4.78 is 38.1. The van der Waals surface area contributed by atoms with Crippen LogP contribution in [0, 0.1) is 25.1 Å². The van der Waals surface area contributed by atoms with Gasteiger partial charge in [-0.15, -0.1) is 0 Å². The van der Waals surface area contributed by atoms with E-state index in [4.69, 9.17) is 4.28 Å². The van der Waals surface area contributed by atoms with E-state index in [2.05, 4.69) is 0 Å². The summed E-state index contributed by atoms with van der Waals surface area (Å²) in [4.78, 5) is 31.6. The Morgan fingerprint density at radius 3 is 1.94 bits per heavy atom. The molecule has 2 rings (SSSR count). The lowest BCUT2D eigenvalue weighted by atomic mass is 10.00. The zero-order valence-electron chi connectivity index (χ0n) is 17.8. The molecule has 1 aromatic rings. The molecule has 1 N–H and O–H groups in total. The molecule has 0 bridgehead atoms. The fourth-order valence-electron chi connectivity index (χ4n) is 3.83. The van der Waals surface area contributed by atoms with Crippen molar-refractivity contribution in [3.05, 3.63) is 37.3 Å². The maximum absolute atomic E-state index is 12.8. The average Bonchev–Trinajstić information content (AvgIpc) is 2.65. The van der Waals surface area contributed by atoms with Gasteiger partial charge in [-0.1, -0.05) is 25.7 Å². The zero-order valence-corrected chi connectivity index (χ0v) is 20.3. The number of hydrogen-bond acceptors (Lipinski definition) is 9. The van der Waals surface area contributed by atoms with Crippen molar-refractivity contribution in [1.29, 1.82) is 0 Å². The lowest BCUT2D eigenvalue weighted by molar-refractivity contribution is -0.696. The molecule has 0 amide bonds. The number of nitro benzene ring substituents is 2. The molecule has 0 spiro atoms. The van der Waals surface area contributed by atoms with Gasteiger partial charge < -0.3 is 0 Å². The molecule has 1 aromatic carbocycles. The Morgan fingerprint density at radius 1 is 1.00 bits per heavy atom. The molecule has 1 aliphatic carbocycles. The predicted molar refractivity (Wildman–Crippen MR) is 122 cm³/mol. The van der Waals surface area contributed by atoms with Crippen LogP contribution in [0.25, 0.3) is 0 Å². The first-order chi connectivity index (χ1) is 14.8. The summed E-state index contributed by atoms with van der Waals surface area (Å²) in [6, 6.07) is 1.09. The highest BCUT2D eigenvalue weighted by Gasteiger charge is 2.43. The highest BCUT2D eigenvalue weighted by molar-refractivity contribution is 8.29. The minimum Gasteiger partial charge on any atom is -0.281 e. The quantitative estimate of drug-likeness (QED) is 0.296. The van der Waals surface area contributed by atoms with E-state index in [1.807, 2.05) is 6.26 Å². The van der Waals surface area contributed by atoms with E-state index in [0.29, 0.717) is 12.1 Å². The SMILES string of the molecule is CSC1CCCCCCC1S(C)(C)O[N+](=O)c1cc([N+](=O)[O-])c(S(=O)(=O)O)c([N+](=O)[O-])c1. The number of nitro groups is 2. The van der Waals surface area contributed by atoms with Crippen molar-refractivity contribution < 1.29 is 32.0 Å². The molecule has 15 heteroatoms. The molecule has 1 fully saturated rings. The maximum Gasteiger partial charge on any atom is 0.331 e. The second kappa shape index (κ2) is 10.3. The van der Waals surface area contributed by atoms with Gasteiger partial charge in [0.2, 0.25) is 4.90 Å². The second-order valence-corrected chi connectivity index (χ2v) is 13.6. The van der Waals surface area contributed by atoms with Gasteiger partial charge in [0.15, 0.2) is 0 Å². The number of nitrogens with zero attached hydrogens (tertiary/aromatic N) is 3. The normalized spacial score (nSPS) is 20.6. The summed E-state index contributed by atoms with van der Waals surface area (Å²) in [6.45, 7) is 0. The highest BCUT2D eigenvalue weighted by Crippen LogP contribution is 2.54. The molecule has 180 valence electrons. The van der Waals surface area contributed by atoms with Crippen LogP contribution in [0.4, 0.5) is 17.1 Å². The Morgan fingerprint density at radius 2 is 1.50 bits per heavy atom. The van der Waals surface area contributed by atoms with Gasteiger partial charge in [-0.25, -0.2) is 0 Å². The van der Waals surface area contributed by atoms with Gasteiger partial charge in [-0.2, -0.15) is 24.5 Å². The zero-order chi connectivity index (χ0) is 24.3. The summed E-state index contributed by atoms with van der Waals surface area (Å²) in [5.41, 5.74) is -3.19. The van der Waals surface area contributed by atoms with Crippen molar-refractivity contribution in [2.24, 2.45) is 0 Å². The largest absolute Gasteiger partial charge is 0.331 e. The van der Waals surface area contributed by atoms with Crippen molar-refractivity contribution in [1.82, 2.24) is 0 Å². The smallest absolute Gasteiger partial charge is 0.281 e. The average molecular weight is 513 g/mol. The number of rotatable bonds is 8. The van der Waals surface area contributed by atoms with Crippen LogP contribution in [0.1, 0.15) is 38.5 Å². The van der Waals surface area contributed by atoms with Crippen LogP contribution in [0.3, 0.4) is 0 Å². The first-order valence-corrected chi connectivity index (χ1v) is 14.8. The number of thioether (sulfide) groups is 1. The van der Waals surface area contributed by atoms with Gasteiger partial charge in [0, 0.05) is 23.0 Å². The Hall–Kier alpha value is -1.97. The summed E-state index contributed by atoms with van der Waals surface area (Å²) in [7, 11) is -7.36. The molecular weight excluding hydrogens is 486 g/mol. The lowest BCUT2D eigenvalue weighted by Gasteiger charge is -2.39. The predicted octanol–water partition coefficient (Wildman–Crippen LogP) is 4.53. The highest BCUT2D eigenvalue weighted by atomic mass is 32.3. The fraction of sp³-hybridized carbons (Fsp3) is 0.647. The topological polar surface area (TPSA) is 170 Å². The van der Waals surface area contributed by atoms with Gasteiger partial charge in [-0.05, 0) is 29.4 Å². The molecule has 0 heterocycles. The van der Waals surface area contributed by atoms with Crippen LogP contribution >= 0.6 is 22.1 Å². The Kier molecular flexibility index (Phi) is 8.47. The van der Waals surface area contributed by atoms with Crippen LogP contribution in [-0.4, -0.2) is 57.0 Å². The van der Waals surface area contributed by atoms with Crippen molar-refractivity contribution in [3.63, 3.8) is 0 Å². The summed E-state index contributed by atoms with van der Waals surface area (Å²) in [5, 5.41) is 23.0. The van der Waals surface area contributed by atoms with Gasteiger partial charge in [-0.3, -0.25) is 24.8 Å². The number of benzene rings is 1. The molecule has 12 nitrogen and oxygen atoms in total. The van der Waals surface area contributed by atoms with Crippen molar-refractivity contribution >= 4 is 49.3 Å². The van der Waals surface area contributed by atoms with Crippen LogP contribution in [0.5, 0.6) is 0 Å². The molecule has 1 aliphatic rings. The first-order valence-electron chi connectivity index (χ1n) is 9.65. The summed E-state index contributed by atoms with van der Waals surface area (Å²) in [5.74, 6) is 0. The van der Waals surface area contributed by atoms with E-state index in [1.54, 1.807) is 24.3 Å². The van der Waals surface area contributed by atoms with E-state index in [1.165, 1.54) is 0 Å². The molecule has 0 aliphatic heterocycles. The van der Waals surface area contributed by atoms with Crippen molar-refractivity contribution in [3.8, 4) is 0 Å².